The van der Waals surface area contributed by atoms with Crippen LogP contribution in [0.15, 0.2) is 84.7 Å². The molecule has 5 nitrogen and oxygen atoms in total. The van der Waals surface area contributed by atoms with Crippen LogP contribution in [0.3, 0.4) is 0 Å². The minimum atomic E-state index is -0.898. The van der Waals surface area contributed by atoms with Gasteiger partial charge >= 0.3 is 0 Å². The molecule has 0 radical (unpaired) electrons. The molecule has 0 bridgehead atoms. The largest absolute Gasteiger partial charge is 0.507 e. The van der Waals surface area contributed by atoms with Gasteiger partial charge in [0.05, 0.1) is 23.5 Å². The van der Waals surface area contributed by atoms with E-state index in [1.165, 1.54) is 35.4 Å². The van der Waals surface area contributed by atoms with Crippen molar-refractivity contribution in [3.05, 3.63) is 102 Å². The first-order chi connectivity index (χ1) is 13.6. The lowest BCUT2D eigenvalue weighted by Gasteiger charge is -2.25. The Bertz CT molecular complexity index is 1060. The minimum absolute atomic E-state index is 0.0494. The number of halogens is 1. The molecule has 1 fully saturated rings. The molecule has 28 heavy (non-hydrogen) atoms. The highest BCUT2D eigenvalue weighted by Gasteiger charge is 2.47. The second-order valence-electron chi connectivity index (χ2n) is 6.30. The maximum atomic E-state index is 13.4. The predicted octanol–water partition coefficient (Wildman–Crippen LogP) is 3.85. The van der Waals surface area contributed by atoms with Crippen LogP contribution in [0.5, 0.6) is 0 Å². The summed E-state index contributed by atoms with van der Waals surface area (Å²) in [7, 11) is 0. The quantitative estimate of drug-likeness (QED) is 0.430. The van der Waals surface area contributed by atoms with E-state index in [0.29, 0.717) is 16.8 Å². The van der Waals surface area contributed by atoms with Gasteiger partial charge in [0, 0.05) is 11.8 Å². The second-order valence-corrected chi connectivity index (χ2v) is 6.30. The number of amides is 1. The molecule has 3 aromatic rings. The van der Waals surface area contributed by atoms with E-state index >= 15 is 0 Å². The fourth-order valence-corrected chi connectivity index (χ4v) is 3.31. The lowest BCUT2D eigenvalue weighted by molar-refractivity contribution is -0.132. The number of aliphatic hydroxyl groups excluding tert-OH is 1. The number of ketones is 1. The van der Waals surface area contributed by atoms with Gasteiger partial charge in [0.15, 0.2) is 0 Å². The molecular weight excluding hydrogens is 359 g/mol. The summed E-state index contributed by atoms with van der Waals surface area (Å²) in [5.74, 6) is -2.30. The zero-order valence-electron chi connectivity index (χ0n) is 14.6. The summed E-state index contributed by atoms with van der Waals surface area (Å²) >= 11 is 0. The van der Waals surface area contributed by atoms with Crippen molar-refractivity contribution in [1.82, 2.24) is 4.98 Å². The molecule has 1 amide bonds. The lowest BCUT2D eigenvalue weighted by Crippen LogP contribution is -2.29. The molecule has 1 N–H and O–H groups in total. The number of hydrogen-bond donors (Lipinski definition) is 1. The van der Waals surface area contributed by atoms with Crippen LogP contribution < -0.4 is 4.90 Å². The summed E-state index contributed by atoms with van der Waals surface area (Å²) in [6, 6.07) is 16.4. The Kier molecular flexibility index (Phi) is 4.45. The van der Waals surface area contributed by atoms with Crippen molar-refractivity contribution in [2.75, 3.05) is 4.90 Å². The van der Waals surface area contributed by atoms with Crippen LogP contribution >= 0.6 is 0 Å². The maximum absolute atomic E-state index is 13.4. The van der Waals surface area contributed by atoms with Crippen molar-refractivity contribution in [3.63, 3.8) is 0 Å². The Morgan fingerprint density at radius 1 is 0.964 bits per heavy atom. The number of pyridine rings is 1. The van der Waals surface area contributed by atoms with E-state index in [1.54, 1.807) is 48.7 Å². The third-order valence-electron chi connectivity index (χ3n) is 4.60. The monoisotopic (exact) mass is 374 g/mol. The first kappa shape index (κ1) is 17.6. The predicted molar refractivity (Wildman–Crippen MR) is 102 cm³/mol. The third kappa shape index (κ3) is 2.95. The van der Waals surface area contributed by atoms with Crippen LogP contribution in [-0.2, 0) is 9.59 Å². The number of carbonyl (C=O) groups excluding carboxylic acids is 2. The summed E-state index contributed by atoms with van der Waals surface area (Å²) in [5.41, 5.74) is 1.28. The van der Waals surface area contributed by atoms with Gasteiger partial charge in [-0.15, -0.1) is 0 Å². The molecule has 1 aliphatic rings. The van der Waals surface area contributed by atoms with Crippen molar-refractivity contribution in [2.45, 2.75) is 6.04 Å². The van der Waals surface area contributed by atoms with Crippen molar-refractivity contribution in [3.8, 4) is 0 Å². The standard InChI is InChI=1S/C22H15FN2O3/c23-16-10-8-14(9-11-16)19-18(20(26)15-5-2-1-3-6-15)21(27)22(28)25(19)17-7-4-12-24-13-17/h1-13,19,26H/b20-18+. The van der Waals surface area contributed by atoms with Gasteiger partial charge in [-0.25, -0.2) is 4.39 Å². The number of carbonyl (C=O) groups is 2. The molecule has 1 unspecified atom stereocenters. The van der Waals surface area contributed by atoms with Gasteiger partial charge in [-0.05, 0) is 29.8 Å². The minimum Gasteiger partial charge on any atom is -0.507 e. The van der Waals surface area contributed by atoms with Gasteiger partial charge in [0.2, 0.25) is 0 Å². The van der Waals surface area contributed by atoms with Crippen molar-refractivity contribution in [2.24, 2.45) is 0 Å². The lowest BCUT2D eigenvalue weighted by atomic mass is 9.95. The van der Waals surface area contributed by atoms with Crippen LogP contribution in [0.4, 0.5) is 10.1 Å². The van der Waals surface area contributed by atoms with Gasteiger partial charge < -0.3 is 5.11 Å². The topological polar surface area (TPSA) is 70.5 Å². The zero-order chi connectivity index (χ0) is 19.7. The summed E-state index contributed by atoms with van der Waals surface area (Å²) < 4.78 is 13.4. The van der Waals surface area contributed by atoms with Gasteiger partial charge in [-0.3, -0.25) is 19.5 Å². The molecule has 1 atom stereocenters. The molecule has 6 heteroatoms. The highest BCUT2D eigenvalue weighted by atomic mass is 19.1. The fraction of sp³-hybridized carbons (Fsp3) is 0.0455. The average molecular weight is 374 g/mol. The summed E-state index contributed by atoms with van der Waals surface area (Å²) in [6.07, 6.45) is 3.02. The summed E-state index contributed by atoms with van der Waals surface area (Å²) in [5, 5.41) is 10.8. The number of benzene rings is 2. The Hall–Kier alpha value is -3.80. The molecule has 0 spiro atoms. The van der Waals surface area contributed by atoms with E-state index in [0.717, 1.165) is 0 Å². The van der Waals surface area contributed by atoms with E-state index in [4.69, 9.17) is 0 Å². The van der Waals surface area contributed by atoms with Crippen LogP contribution in [0.25, 0.3) is 5.76 Å². The Morgan fingerprint density at radius 2 is 1.68 bits per heavy atom. The number of aromatic nitrogens is 1. The highest BCUT2D eigenvalue weighted by molar-refractivity contribution is 6.51. The molecule has 1 aliphatic heterocycles. The number of nitrogens with zero attached hydrogens (tertiary/aromatic N) is 2. The molecule has 0 saturated carbocycles. The average Bonchev–Trinajstić information content (AvgIpc) is 3.00. The van der Waals surface area contributed by atoms with E-state index in [-0.39, 0.29) is 11.3 Å². The fourth-order valence-electron chi connectivity index (χ4n) is 3.31. The number of rotatable bonds is 3. The van der Waals surface area contributed by atoms with Crippen LogP contribution in [-0.4, -0.2) is 21.8 Å². The molecule has 1 saturated heterocycles. The van der Waals surface area contributed by atoms with E-state index in [2.05, 4.69) is 4.98 Å². The first-order valence-electron chi connectivity index (χ1n) is 8.60. The summed E-state index contributed by atoms with van der Waals surface area (Å²) in [4.78, 5) is 31.0. The number of hydrogen-bond acceptors (Lipinski definition) is 4. The maximum Gasteiger partial charge on any atom is 0.300 e. The number of aliphatic hydroxyl groups is 1. The van der Waals surface area contributed by atoms with Gasteiger partial charge in [0.25, 0.3) is 11.7 Å². The molecule has 1 aromatic heterocycles. The molecular formula is C22H15FN2O3. The Balaban J connectivity index is 1.95. The first-order valence-corrected chi connectivity index (χ1v) is 8.60. The molecule has 2 heterocycles. The van der Waals surface area contributed by atoms with Gasteiger partial charge in [-0.2, -0.15) is 0 Å². The van der Waals surface area contributed by atoms with E-state index < -0.39 is 23.5 Å². The second kappa shape index (κ2) is 7.08. The van der Waals surface area contributed by atoms with Crippen LogP contribution in [0, 0.1) is 5.82 Å². The number of anilines is 1. The Labute approximate surface area is 160 Å². The zero-order valence-corrected chi connectivity index (χ0v) is 14.6. The van der Waals surface area contributed by atoms with Gasteiger partial charge in [0.1, 0.15) is 11.6 Å². The van der Waals surface area contributed by atoms with E-state index in [9.17, 15) is 19.1 Å². The van der Waals surface area contributed by atoms with Crippen molar-refractivity contribution < 1.29 is 19.1 Å². The SMILES string of the molecule is O=C1C(=O)N(c2cccnc2)C(c2ccc(F)cc2)/C1=C(\O)c1ccccc1. The van der Waals surface area contributed by atoms with Crippen LogP contribution in [0.1, 0.15) is 17.2 Å². The molecule has 138 valence electrons. The van der Waals surface area contributed by atoms with Gasteiger partial charge in [-0.1, -0.05) is 42.5 Å². The normalized spacial score (nSPS) is 18.5. The smallest absolute Gasteiger partial charge is 0.300 e. The molecule has 0 aliphatic carbocycles. The summed E-state index contributed by atoms with van der Waals surface area (Å²) in [6.45, 7) is 0. The number of Topliss-reactive ketones (excluding diaryl/α,β-unsaturated/α-hetero) is 1. The highest BCUT2D eigenvalue weighted by Crippen LogP contribution is 2.41. The van der Waals surface area contributed by atoms with Crippen molar-refractivity contribution in [1.29, 1.82) is 0 Å². The van der Waals surface area contributed by atoms with E-state index in [1.807, 2.05) is 0 Å². The Morgan fingerprint density at radius 3 is 2.32 bits per heavy atom. The van der Waals surface area contributed by atoms with Crippen molar-refractivity contribution >= 4 is 23.1 Å². The third-order valence-corrected chi connectivity index (χ3v) is 4.60. The molecule has 2 aromatic carbocycles. The van der Waals surface area contributed by atoms with Crippen LogP contribution in [0.2, 0.25) is 0 Å². The molecule has 4 rings (SSSR count).